The van der Waals surface area contributed by atoms with Crippen LogP contribution in [0, 0.1) is 0 Å². The highest BCUT2D eigenvalue weighted by Crippen LogP contribution is 2.41. The maximum atomic E-state index is 11.8. The molecule has 0 fully saturated rings. The molecule has 0 spiro atoms. The molecular weight excluding hydrogens is 400 g/mol. The van der Waals surface area contributed by atoms with Crippen LogP contribution in [-0.4, -0.2) is 49.4 Å². The third-order valence-corrected chi connectivity index (χ3v) is 6.64. The molecule has 1 amide bonds. The van der Waals surface area contributed by atoms with Crippen LogP contribution in [0.15, 0.2) is 41.4 Å². The molecule has 1 aliphatic rings. The molecule has 1 atom stereocenters. The number of hydrogen-bond acceptors (Lipinski definition) is 5. The number of carbonyl (C=O) groups is 1. The van der Waals surface area contributed by atoms with Crippen LogP contribution in [0.2, 0.25) is 0 Å². The Kier molecular flexibility index (Phi) is 6.08. The number of aromatic nitrogens is 1. The van der Waals surface area contributed by atoms with Crippen molar-refractivity contribution in [2.75, 3.05) is 33.1 Å². The minimum absolute atomic E-state index is 0.0306. The topological polar surface area (TPSA) is 63.8 Å². The van der Waals surface area contributed by atoms with Gasteiger partial charge in [0.1, 0.15) is 5.75 Å². The summed E-state index contributed by atoms with van der Waals surface area (Å²) < 4.78 is 16.7. The van der Waals surface area contributed by atoms with Gasteiger partial charge in [-0.05, 0) is 54.8 Å². The lowest BCUT2D eigenvalue weighted by Crippen LogP contribution is -2.35. The van der Waals surface area contributed by atoms with Gasteiger partial charge in [0.15, 0.2) is 11.5 Å². The fourth-order valence-electron chi connectivity index (χ4n) is 3.96. The monoisotopic (exact) mass is 426 g/mol. The molecule has 6 nitrogen and oxygen atoms in total. The number of amides is 1. The van der Waals surface area contributed by atoms with Crippen molar-refractivity contribution in [1.29, 1.82) is 0 Å². The summed E-state index contributed by atoms with van der Waals surface area (Å²) >= 11 is 1.73. The Labute approximate surface area is 180 Å². The molecule has 0 aliphatic carbocycles. The molecule has 7 heteroatoms. The maximum absolute atomic E-state index is 11.8. The Morgan fingerprint density at radius 1 is 1.20 bits per heavy atom. The highest BCUT2D eigenvalue weighted by Gasteiger charge is 2.28. The van der Waals surface area contributed by atoms with Gasteiger partial charge in [0.25, 0.3) is 0 Å². The van der Waals surface area contributed by atoms with Crippen LogP contribution in [0.4, 0.5) is 0 Å². The zero-order chi connectivity index (χ0) is 21.1. The normalized spacial score (nSPS) is 15.7. The van der Waals surface area contributed by atoms with Crippen molar-refractivity contribution in [1.82, 2.24) is 9.88 Å². The van der Waals surface area contributed by atoms with Gasteiger partial charge in [0, 0.05) is 34.3 Å². The van der Waals surface area contributed by atoms with E-state index in [4.69, 9.17) is 14.2 Å². The first-order valence-corrected chi connectivity index (χ1v) is 11.0. The number of nitrogens with one attached hydrogen (secondary N) is 1. The SMILES string of the molecule is CCOc1cc2c(cc1OC)CCN(C=O)C2CSc1c[nH]c2ccc(OC)cc12. The number of fused-ring (bicyclic) bond motifs is 2. The molecule has 158 valence electrons. The number of ether oxygens (including phenoxy) is 3. The Hall–Kier alpha value is -2.80. The highest BCUT2D eigenvalue weighted by atomic mass is 32.2. The summed E-state index contributed by atoms with van der Waals surface area (Å²) in [5.74, 6) is 3.03. The number of thioether (sulfide) groups is 1. The quantitative estimate of drug-likeness (QED) is 0.426. The maximum Gasteiger partial charge on any atom is 0.210 e. The van der Waals surface area contributed by atoms with Crippen LogP contribution in [0.25, 0.3) is 10.9 Å². The van der Waals surface area contributed by atoms with Crippen molar-refractivity contribution in [3.05, 3.63) is 47.7 Å². The summed E-state index contributed by atoms with van der Waals surface area (Å²) in [7, 11) is 3.33. The first-order chi connectivity index (χ1) is 14.7. The van der Waals surface area contributed by atoms with Gasteiger partial charge in [0.05, 0.1) is 26.9 Å². The Bertz CT molecular complexity index is 1050. The zero-order valence-corrected chi connectivity index (χ0v) is 18.3. The molecule has 2 aromatic carbocycles. The molecule has 1 unspecified atom stereocenters. The fourth-order valence-corrected chi connectivity index (χ4v) is 5.13. The molecule has 0 bridgehead atoms. The number of aromatic amines is 1. The minimum Gasteiger partial charge on any atom is -0.497 e. The zero-order valence-electron chi connectivity index (χ0n) is 17.4. The number of H-pyrrole nitrogens is 1. The predicted molar refractivity (Wildman–Crippen MR) is 119 cm³/mol. The second kappa shape index (κ2) is 8.92. The van der Waals surface area contributed by atoms with E-state index in [1.807, 2.05) is 42.3 Å². The first-order valence-electron chi connectivity index (χ1n) is 10.0. The van der Waals surface area contributed by atoms with E-state index in [0.29, 0.717) is 13.2 Å². The standard InChI is InChI=1S/C23H26N2O4S/c1-4-29-22-11-17-15(9-21(22)28-3)7-8-25(14-26)20(17)13-30-23-12-24-19-6-5-16(27-2)10-18(19)23/h5-6,9-12,14,20,24H,4,7-8,13H2,1-3H3. The van der Waals surface area contributed by atoms with Crippen molar-refractivity contribution in [3.63, 3.8) is 0 Å². The highest BCUT2D eigenvalue weighted by molar-refractivity contribution is 7.99. The lowest BCUT2D eigenvalue weighted by atomic mass is 9.93. The molecule has 0 saturated carbocycles. The van der Waals surface area contributed by atoms with Gasteiger partial charge in [-0.3, -0.25) is 4.79 Å². The molecule has 0 saturated heterocycles. The third kappa shape index (κ3) is 3.81. The summed E-state index contributed by atoms with van der Waals surface area (Å²) in [5, 5.41) is 1.12. The molecule has 4 rings (SSSR count). The van der Waals surface area contributed by atoms with Crippen molar-refractivity contribution in [2.45, 2.75) is 24.3 Å². The number of methoxy groups -OCH3 is 2. The Morgan fingerprint density at radius 2 is 2.07 bits per heavy atom. The average molecular weight is 427 g/mol. The van der Waals surface area contributed by atoms with Crippen LogP contribution in [0.3, 0.4) is 0 Å². The smallest absolute Gasteiger partial charge is 0.210 e. The summed E-state index contributed by atoms with van der Waals surface area (Å²) in [6, 6.07) is 10.1. The second-order valence-corrected chi connectivity index (χ2v) is 8.18. The van der Waals surface area contributed by atoms with Gasteiger partial charge in [-0.25, -0.2) is 0 Å². The number of benzene rings is 2. The lowest BCUT2D eigenvalue weighted by molar-refractivity contribution is -0.120. The van der Waals surface area contributed by atoms with Crippen molar-refractivity contribution in [2.24, 2.45) is 0 Å². The van der Waals surface area contributed by atoms with Gasteiger partial charge in [-0.15, -0.1) is 11.8 Å². The number of nitrogens with zero attached hydrogens (tertiary/aromatic N) is 1. The Morgan fingerprint density at radius 3 is 2.80 bits per heavy atom. The summed E-state index contributed by atoms with van der Waals surface area (Å²) in [4.78, 5) is 18.1. The largest absolute Gasteiger partial charge is 0.497 e. The average Bonchev–Trinajstić information content (AvgIpc) is 3.19. The van der Waals surface area contributed by atoms with Crippen molar-refractivity contribution in [3.8, 4) is 17.2 Å². The molecule has 1 aromatic heterocycles. The number of carbonyl (C=O) groups excluding carboxylic acids is 1. The third-order valence-electron chi connectivity index (χ3n) is 5.51. The molecular formula is C23H26N2O4S. The van der Waals surface area contributed by atoms with Gasteiger partial charge in [-0.2, -0.15) is 0 Å². The number of hydrogen-bond donors (Lipinski definition) is 1. The van der Waals surface area contributed by atoms with E-state index < -0.39 is 0 Å². The fraction of sp³-hybridized carbons (Fsp3) is 0.348. The van der Waals surface area contributed by atoms with Gasteiger partial charge in [-0.1, -0.05) is 0 Å². The minimum atomic E-state index is -0.0306. The molecule has 0 radical (unpaired) electrons. The van der Waals surface area contributed by atoms with E-state index in [0.717, 1.165) is 57.2 Å². The lowest BCUT2D eigenvalue weighted by Gasteiger charge is -2.35. The van der Waals surface area contributed by atoms with E-state index in [9.17, 15) is 4.79 Å². The molecule has 1 N–H and O–H groups in total. The first kappa shape index (κ1) is 20.5. The van der Waals surface area contributed by atoms with Crippen molar-refractivity contribution >= 4 is 29.1 Å². The van der Waals surface area contributed by atoms with E-state index in [2.05, 4.69) is 11.1 Å². The summed E-state index contributed by atoms with van der Waals surface area (Å²) in [6.07, 6.45) is 3.78. The van der Waals surface area contributed by atoms with Crippen LogP contribution in [0.5, 0.6) is 17.2 Å². The van der Waals surface area contributed by atoms with Gasteiger partial charge >= 0.3 is 0 Å². The van der Waals surface area contributed by atoms with E-state index in [1.165, 1.54) is 5.56 Å². The van der Waals surface area contributed by atoms with Crippen LogP contribution >= 0.6 is 11.8 Å². The molecule has 3 aromatic rings. The molecule has 1 aliphatic heterocycles. The predicted octanol–water partition coefficient (Wildman–Crippen LogP) is 4.43. The van der Waals surface area contributed by atoms with Crippen LogP contribution in [-0.2, 0) is 11.2 Å². The van der Waals surface area contributed by atoms with Crippen LogP contribution in [0.1, 0.15) is 24.1 Å². The van der Waals surface area contributed by atoms with Gasteiger partial charge < -0.3 is 24.1 Å². The van der Waals surface area contributed by atoms with Crippen molar-refractivity contribution < 1.29 is 19.0 Å². The Balaban J connectivity index is 1.65. The van der Waals surface area contributed by atoms with Gasteiger partial charge in [0.2, 0.25) is 6.41 Å². The second-order valence-electron chi connectivity index (χ2n) is 7.12. The molecule has 30 heavy (non-hydrogen) atoms. The van der Waals surface area contributed by atoms with Crippen LogP contribution < -0.4 is 14.2 Å². The van der Waals surface area contributed by atoms with E-state index in [1.54, 1.807) is 26.0 Å². The number of rotatable bonds is 8. The molecule has 2 heterocycles. The summed E-state index contributed by atoms with van der Waals surface area (Å²) in [6.45, 7) is 3.21. The van der Waals surface area contributed by atoms with E-state index in [-0.39, 0.29) is 6.04 Å². The summed E-state index contributed by atoms with van der Waals surface area (Å²) in [5.41, 5.74) is 3.40. The van der Waals surface area contributed by atoms with E-state index >= 15 is 0 Å².